The molecule has 11 heteroatoms. The molecule has 0 radical (unpaired) electrons. The van der Waals surface area contributed by atoms with Crippen molar-refractivity contribution in [3.63, 3.8) is 0 Å². The molecule has 0 aliphatic heterocycles. The summed E-state index contributed by atoms with van der Waals surface area (Å²) in [5.74, 6) is 0.895. The molecule has 0 spiro atoms. The molecule has 0 atom stereocenters. The summed E-state index contributed by atoms with van der Waals surface area (Å²) in [6, 6.07) is 14.1. The first kappa shape index (κ1) is 26.4. The lowest BCUT2D eigenvalue weighted by atomic mass is 10.0. The first-order valence-electron chi connectivity index (χ1n) is 11.6. The zero-order chi connectivity index (χ0) is 27.2. The average molecular weight is 533 g/mol. The molecule has 2 aromatic carbocycles. The molecule has 0 saturated carbocycles. The van der Waals surface area contributed by atoms with E-state index in [1.807, 2.05) is 18.2 Å². The van der Waals surface area contributed by atoms with Crippen LogP contribution in [0.5, 0.6) is 11.5 Å². The monoisotopic (exact) mass is 532 g/mol. The first-order valence-corrected chi connectivity index (χ1v) is 12.0. The number of ether oxygens (including phenoxy) is 2. The maximum Gasteiger partial charge on any atom is 0.260 e. The van der Waals surface area contributed by atoms with Crippen LogP contribution in [0.3, 0.4) is 0 Å². The lowest BCUT2D eigenvalue weighted by Gasteiger charge is -2.16. The highest BCUT2D eigenvalue weighted by molar-refractivity contribution is 6.35. The molecule has 0 aliphatic rings. The van der Waals surface area contributed by atoms with Crippen LogP contribution in [0.2, 0.25) is 5.02 Å². The lowest BCUT2D eigenvalue weighted by Crippen LogP contribution is -2.24. The fraction of sp³-hybridized carbons (Fsp3) is 0.222. The maximum absolute atomic E-state index is 13.9. The fourth-order valence-corrected chi connectivity index (χ4v) is 4.28. The second-order valence-corrected chi connectivity index (χ2v) is 8.64. The predicted molar refractivity (Wildman–Crippen MR) is 146 cm³/mol. The zero-order valence-electron chi connectivity index (χ0n) is 21.0. The van der Waals surface area contributed by atoms with E-state index in [2.05, 4.69) is 20.6 Å². The zero-order valence-corrected chi connectivity index (χ0v) is 21.8. The molecule has 0 unspecified atom stereocenters. The van der Waals surface area contributed by atoms with Gasteiger partial charge in [-0.25, -0.2) is 4.98 Å². The Morgan fingerprint density at radius 1 is 1.13 bits per heavy atom. The average Bonchev–Trinajstić information content (AvgIpc) is 2.93. The molecule has 0 fully saturated rings. The van der Waals surface area contributed by atoms with Crippen molar-refractivity contribution in [3.8, 4) is 28.7 Å². The molecule has 2 N–H and O–H groups in total. The molecular weight excluding hydrogens is 508 g/mol. The molecular formula is C27H25ClN6O4. The Kier molecular flexibility index (Phi) is 8.09. The van der Waals surface area contributed by atoms with Gasteiger partial charge in [-0.1, -0.05) is 23.7 Å². The quantitative estimate of drug-likeness (QED) is 0.327. The molecule has 2 heterocycles. The number of aryl methyl sites for hydroxylation is 2. The van der Waals surface area contributed by atoms with Crippen LogP contribution in [0.25, 0.3) is 22.2 Å². The summed E-state index contributed by atoms with van der Waals surface area (Å²) in [6.45, 7) is 0.322. The third-order valence-electron chi connectivity index (χ3n) is 5.91. The van der Waals surface area contributed by atoms with Gasteiger partial charge in [0.25, 0.3) is 5.56 Å². The van der Waals surface area contributed by atoms with Gasteiger partial charge in [-0.05, 0) is 36.2 Å². The van der Waals surface area contributed by atoms with Gasteiger partial charge in [0.05, 0.1) is 25.3 Å². The van der Waals surface area contributed by atoms with E-state index < -0.39 is 0 Å². The molecule has 0 aliphatic carbocycles. The summed E-state index contributed by atoms with van der Waals surface area (Å²) in [6.07, 6.45) is 1.95. The number of carbonyl (C=O) groups is 1. The third kappa shape index (κ3) is 5.53. The molecule has 4 aromatic rings. The van der Waals surface area contributed by atoms with E-state index in [0.717, 1.165) is 5.56 Å². The number of rotatable bonds is 9. The number of methoxy groups -OCH3 is 2. The number of anilines is 2. The van der Waals surface area contributed by atoms with Crippen molar-refractivity contribution in [1.29, 1.82) is 5.26 Å². The van der Waals surface area contributed by atoms with Gasteiger partial charge in [0.15, 0.2) is 0 Å². The first-order chi connectivity index (χ1) is 18.4. The van der Waals surface area contributed by atoms with E-state index in [1.165, 1.54) is 14.2 Å². The number of nitriles is 1. The smallest absolute Gasteiger partial charge is 0.260 e. The summed E-state index contributed by atoms with van der Waals surface area (Å²) in [5, 5.41) is 15.2. The summed E-state index contributed by atoms with van der Waals surface area (Å²) in [5.41, 5.74) is 2.55. The highest BCUT2D eigenvalue weighted by Crippen LogP contribution is 2.38. The Morgan fingerprint density at radius 2 is 1.89 bits per heavy atom. The van der Waals surface area contributed by atoms with Crippen molar-refractivity contribution in [1.82, 2.24) is 14.5 Å². The maximum atomic E-state index is 13.9. The molecule has 10 nitrogen and oxygen atoms in total. The van der Waals surface area contributed by atoms with Gasteiger partial charge in [-0.2, -0.15) is 10.2 Å². The van der Waals surface area contributed by atoms with Crippen LogP contribution < -0.4 is 25.7 Å². The summed E-state index contributed by atoms with van der Waals surface area (Å²) in [7, 11) is 4.73. The molecule has 194 valence electrons. The van der Waals surface area contributed by atoms with Crippen molar-refractivity contribution >= 4 is 40.2 Å². The second-order valence-electron chi connectivity index (χ2n) is 8.26. The van der Waals surface area contributed by atoms with Gasteiger partial charge >= 0.3 is 0 Å². The molecule has 38 heavy (non-hydrogen) atoms. The largest absolute Gasteiger partial charge is 0.497 e. The highest BCUT2D eigenvalue weighted by atomic mass is 35.5. The number of amides is 1. The van der Waals surface area contributed by atoms with Crippen molar-refractivity contribution in [3.05, 3.63) is 69.6 Å². The summed E-state index contributed by atoms with van der Waals surface area (Å²) in [4.78, 5) is 34.4. The van der Waals surface area contributed by atoms with Crippen molar-refractivity contribution in [2.75, 3.05) is 31.9 Å². The van der Waals surface area contributed by atoms with E-state index in [9.17, 15) is 9.59 Å². The van der Waals surface area contributed by atoms with Crippen LogP contribution in [0, 0.1) is 11.3 Å². The highest BCUT2D eigenvalue weighted by Gasteiger charge is 2.19. The van der Waals surface area contributed by atoms with Gasteiger partial charge < -0.3 is 20.1 Å². The number of nitrogens with one attached hydrogen (secondary N) is 2. The van der Waals surface area contributed by atoms with E-state index in [0.29, 0.717) is 58.3 Å². The van der Waals surface area contributed by atoms with E-state index in [-0.39, 0.29) is 22.9 Å². The number of hydrogen-bond acceptors (Lipinski definition) is 8. The molecule has 4 rings (SSSR count). The van der Waals surface area contributed by atoms with Crippen LogP contribution in [-0.2, 0) is 17.8 Å². The van der Waals surface area contributed by atoms with Gasteiger partial charge in [-0.15, -0.1) is 0 Å². The number of aromatic nitrogens is 3. The lowest BCUT2D eigenvalue weighted by molar-refractivity contribution is -0.115. The molecule has 0 saturated heterocycles. The van der Waals surface area contributed by atoms with Crippen LogP contribution >= 0.6 is 11.6 Å². The second kappa shape index (κ2) is 11.6. The fourth-order valence-electron chi connectivity index (χ4n) is 3.99. The Bertz CT molecular complexity index is 1590. The Morgan fingerprint density at radius 3 is 2.55 bits per heavy atom. The number of pyridine rings is 1. The topological polar surface area (TPSA) is 131 Å². The third-order valence-corrected chi connectivity index (χ3v) is 6.30. The van der Waals surface area contributed by atoms with Crippen LogP contribution in [0.4, 0.5) is 11.6 Å². The Balaban J connectivity index is 1.76. The van der Waals surface area contributed by atoms with E-state index in [4.69, 9.17) is 26.3 Å². The van der Waals surface area contributed by atoms with Crippen molar-refractivity contribution in [2.24, 2.45) is 0 Å². The Labute approximate surface area is 223 Å². The number of benzene rings is 2. The molecule has 2 aromatic heterocycles. The predicted octanol–water partition coefficient (Wildman–Crippen LogP) is 4.27. The summed E-state index contributed by atoms with van der Waals surface area (Å²) < 4.78 is 12.4. The van der Waals surface area contributed by atoms with Crippen LogP contribution in [0.15, 0.2) is 53.5 Å². The van der Waals surface area contributed by atoms with Crippen molar-refractivity contribution in [2.45, 2.75) is 19.4 Å². The minimum absolute atomic E-state index is 0.215. The van der Waals surface area contributed by atoms with E-state index in [1.54, 1.807) is 48.1 Å². The number of nitrogens with zero attached hydrogens (tertiary/aromatic N) is 4. The van der Waals surface area contributed by atoms with E-state index >= 15 is 0 Å². The van der Waals surface area contributed by atoms with Crippen LogP contribution in [-0.4, -0.2) is 41.7 Å². The standard InChI is InChI=1S/C27H25ClN6O4/c1-30-27-31-15-17-12-21(20-13-19(37-2)14-22(38-3)24(20)28)26(36)34(25(17)33-27)11-9-16-4-6-18(7-5-16)32-23(35)8-10-29/h4-7,12-15H,8-9,11H2,1-3H3,(H,32,35)(H,30,31,33). The SMILES string of the molecule is CNc1ncc2cc(-c3cc(OC)cc(OC)c3Cl)c(=O)n(CCc3ccc(NC(=O)CC#N)cc3)c2n1. The Hall–Kier alpha value is -4.62. The minimum atomic E-state index is -0.372. The number of hydrogen-bond donors (Lipinski definition) is 2. The van der Waals surface area contributed by atoms with Crippen molar-refractivity contribution < 1.29 is 14.3 Å². The normalized spacial score (nSPS) is 10.6. The molecule has 1 amide bonds. The summed E-state index contributed by atoms with van der Waals surface area (Å²) >= 11 is 6.62. The number of halogens is 1. The van der Waals surface area contributed by atoms with Gasteiger partial charge in [0, 0.05) is 48.1 Å². The molecule has 0 bridgehead atoms. The minimum Gasteiger partial charge on any atom is -0.497 e. The van der Waals surface area contributed by atoms with Crippen LogP contribution in [0.1, 0.15) is 12.0 Å². The van der Waals surface area contributed by atoms with Gasteiger partial charge in [-0.3, -0.25) is 14.2 Å². The van der Waals surface area contributed by atoms with Gasteiger partial charge in [0.1, 0.15) is 23.6 Å². The number of carbonyl (C=O) groups excluding carboxylic acids is 1. The van der Waals surface area contributed by atoms with Gasteiger partial charge in [0.2, 0.25) is 11.9 Å². The number of fused-ring (bicyclic) bond motifs is 1.